The number of anilines is 1. The largest absolute Gasteiger partial charge is 0.320 e. The zero-order chi connectivity index (χ0) is 11.4. The van der Waals surface area contributed by atoms with Gasteiger partial charge in [0.05, 0.1) is 6.04 Å². The van der Waals surface area contributed by atoms with Crippen molar-refractivity contribution in [1.29, 1.82) is 0 Å². The molecule has 0 saturated heterocycles. The summed E-state index contributed by atoms with van der Waals surface area (Å²) in [7, 11) is 0. The van der Waals surface area contributed by atoms with Crippen molar-refractivity contribution < 1.29 is 4.79 Å². The molecule has 15 heavy (non-hydrogen) atoms. The van der Waals surface area contributed by atoms with Crippen LogP contribution in [0.5, 0.6) is 0 Å². The van der Waals surface area contributed by atoms with Crippen LogP contribution in [0.1, 0.15) is 24.6 Å². The van der Waals surface area contributed by atoms with Crippen LogP contribution in [0.3, 0.4) is 0 Å². The van der Waals surface area contributed by atoms with Crippen LogP contribution in [0.15, 0.2) is 12.1 Å². The highest BCUT2D eigenvalue weighted by molar-refractivity contribution is 5.93. The second-order valence-electron chi connectivity index (χ2n) is 3.68. The number of amides is 1. The van der Waals surface area contributed by atoms with E-state index in [9.17, 15) is 4.79 Å². The summed E-state index contributed by atoms with van der Waals surface area (Å²) < 4.78 is 0. The molecule has 1 atom stereocenters. The number of carbonyl (C=O) groups is 1. The van der Waals surface area contributed by atoms with Crippen molar-refractivity contribution in [3.05, 3.63) is 23.4 Å². The third-order valence-corrected chi connectivity index (χ3v) is 2.13. The highest BCUT2D eigenvalue weighted by Gasteiger charge is 2.11. The molecule has 4 heteroatoms. The molecule has 0 unspecified atom stereocenters. The molecule has 0 aliphatic carbocycles. The van der Waals surface area contributed by atoms with Crippen LogP contribution in [-0.2, 0) is 4.79 Å². The molecule has 1 aromatic rings. The maximum absolute atomic E-state index is 11.5. The maximum Gasteiger partial charge on any atom is 0.242 e. The molecule has 3 N–H and O–H groups in total. The van der Waals surface area contributed by atoms with Gasteiger partial charge in [0, 0.05) is 5.69 Å². The summed E-state index contributed by atoms with van der Waals surface area (Å²) in [5, 5.41) is 2.70. The van der Waals surface area contributed by atoms with E-state index in [2.05, 4.69) is 10.3 Å². The number of hydrogen-bond acceptors (Lipinski definition) is 3. The van der Waals surface area contributed by atoms with E-state index in [1.165, 1.54) is 0 Å². The number of pyridine rings is 1. The molecule has 0 aliphatic heterocycles. The van der Waals surface area contributed by atoms with Gasteiger partial charge in [0.25, 0.3) is 0 Å². The van der Waals surface area contributed by atoms with Crippen molar-refractivity contribution in [1.82, 2.24) is 4.98 Å². The summed E-state index contributed by atoms with van der Waals surface area (Å²) in [5.74, 6) is 0.386. The predicted molar refractivity (Wildman–Crippen MR) is 60.6 cm³/mol. The smallest absolute Gasteiger partial charge is 0.242 e. The average molecular weight is 207 g/mol. The maximum atomic E-state index is 11.5. The van der Waals surface area contributed by atoms with Gasteiger partial charge in [-0.25, -0.2) is 4.98 Å². The van der Waals surface area contributed by atoms with E-state index < -0.39 is 6.04 Å². The van der Waals surface area contributed by atoms with Crippen molar-refractivity contribution >= 4 is 11.7 Å². The summed E-state index contributed by atoms with van der Waals surface area (Å²) in [4.78, 5) is 15.7. The van der Waals surface area contributed by atoms with Crippen molar-refractivity contribution in [2.24, 2.45) is 5.73 Å². The molecule has 82 valence electrons. The normalized spacial score (nSPS) is 12.3. The van der Waals surface area contributed by atoms with Crippen LogP contribution in [0.4, 0.5) is 5.82 Å². The van der Waals surface area contributed by atoms with E-state index in [1.54, 1.807) is 0 Å². The summed E-state index contributed by atoms with van der Waals surface area (Å²) in [6.07, 6.45) is 0.622. The SMILES string of the molecule is CC[C@H](N)C(=O)Nc1cc(C)cc(C)n1. The van der Waals surface area contributed by atoms with Crippen molar-refractivity contribution in [3.63, 3.8) is 0 Å². The molecular formula is C11H17N3O. The Bertz CT molecular complexity index is 343. The van der Waals surface area contributed by atoms with Gasteiger partial charge in [0.15, 0.2) is 0 Å². The molecule has 0 fully saturated rings. The Morgan fingerprint density at radius 2 is 2.20 bits per heavy atom. The van der Waals surface area contributed by atoms with E-state index in [0.717, 1.165) is 11.3 Å². The molecule has 0 aliphatic rings. The number of nitrogens with two attached hydrogens (primary N) is 1. The van der Waals surface area contributed by atoms with E-state index in [1.807, 2.05) is 32.9 Å². The quantitative estimate of drug-likeness (QED) is 0.786. The second-order valence-corrected chi connectivity index (χ2v) is 3.68. The molecule has 0 spiro atoms. The van der Waals surface area contributed by atoms with Gasteiger partial charge in [-0.15, -0.1) is 0 Å². The summed E-state index contributed by atoms with van der Waals surface area (Å²) in [5.41, 5.74) is 7.56. The van der Waals surface area contributed by atoms with Crippen LogP contribution in [0.2, 0.25) is 0 Å². The van der Waals surface area contributed by atoms with Crippen LogP contribution in [0, 0.1) is 13.8 Å². The fourth-order valence-electron chi connectivity index (χ4n) is 1.31. The first-order valence-corrected chi connectivity index (χ1v) is 5.04. The number of aryl methyl sites for hydroxylation is 2. The lowest BCUT2D eigenvalue weighted by Crippen LogP contribution is -2.35. The molecular weight excluding hydrogens is 190 g/mol. The van der Waals surface area contributed by atoms with Gasteiger partial charge in [-0.05, 0) is 38.0 Å². The van der Waals surface area contributed by atoms with Crippen molar-refractivity contribution in [3.8, 4) is 0 Å². The van der Waals surface area contributed by atoms with Crippen LogP contribution in [-0.4, -0.2) is 16.9 Å². The lowest BCUT2D eigenvalue weighted by atomic mass is 10.2. The van der Waals surface area contributed by atoms with E-state index >= 15 is 0 Å². The molecule has 4 nitrogen and oxygen atoms in total. The van der Waals surface area contributed by atoms with Crippen LogP contribution < -0.4 is 11.1 Å². The summed E-state index contributed by atoms with van der Waals surface area (Å²) in [6, 6.07) is 3.32. The molecule has 1 aromatic heterocycles. The topological polar surface area (TPSA) is 68.0 Å². The number of aromatic nitrogens is 1. The number of nitrogens with one attached hydrogen (secondary N) is 1. The van der Waals surface area contributed by atoms with E-state index in [4.69, 9.17) is 5.73 Å². The molecule has 0 saturated carbocycles. The Hall–Kier alpha value is -1.42. The average Bonchev–Trinajstić information content (AvgIpc) is 2.14. The first-order valence-electron chi connectivity index (χ1n) is 5.04. The van der Waals surface area contributed by atoms with Gasteiger partial charge < -0.3 is 11.1 Å². The van der Waals surface area contributed by atoms with Gasteiger partial charge in [0.2, 0.25) is 5.91 Å². The van der Waals surface area contributed by atoms with Crippen LogP contribution >= 0.6 is 0 Å². The number of hydrogen-bond donors (Lipinski definition) is 2. The first-order chi connectivity index (χ1) is 7.02. The Balaban J connectivity index is 2.76. The Kier molecular flexibility index (Phi) is 3.80. The van der Waals surface area contributed by atoms with Gasteiger partial charge in [-0.2, -0.15) is 0 Å². The Morgan fingerprint density at radius 3 is 2.73 bits per heavy atom. The monoisotopic (exact) mass is 207 g/mol. The van der Waals surface area contributed by atoms with Gasteiger partial charge in [-0.3, -0.25) is 4.79 Å². The Morgan fingerprint density at radius 1 is 1.53 bits per heavy atom. The van der Waals surface area contributed by atoms with Crippen molar-refractivity contribution in [2.75, 3.05) is 5.32 Å². The van der Waals surface area contributed by atoms with E-state index in [0.29, 0.717) is 12.2 Å². The fourth-order valence-corrected chi connectivity index (χ4v) is 1.31. The third-order valence-electron chi connectivity index (χ3n) is 2.13. The molecule has 1 amide bonds. The van der Waals surface area contributed by atoms with Gasteiger partial charge >= 0.3 is 0 Å². The highest BCUT2D eigenvalue weighted by Crippen LogP contribution is 2.09. The fraction of sp³-hybridized carbons (Fsp3) is 0.455. The minimum Gasteiger partial charge on any atom is -0.320 e. The first kappa shape index (κ1) is 11.7. The summed E-state index contributed by atoms with van der Waals surface area (Å²) in [6.45, 7) is 5.73. The standard InChI is InChI=1S/C11H17N3O/c1-4-9(12)11(15)14-10-6-7(2)5-8(3)13-10/h5-6,9H,4,12H2,1-3H3,(H,13,14,15)/t9-/m0/s1. The second kappa shape index (κ2) is 4.89. The molecule has 0 bridgehead atoms. The molecule has 1 rings (SSSR count). The molecule has 1 heterocycles. The van der Waals surface area contributed by atoms with Gasteiger partial charge in [-0.1, -0.05) is 6.92 Å². The number of nitrogens with zero attached hydrogens (tertiary/aromatic N) is 1. The zero-order valence-corrected chi connectivity index (χ0v) is 9.37. The molecule has 0 aromatic carbocycles. The minimum atomic E-state index is -0.465. The minimum absolute atomic E-state index is 0.185. The number of carbonyl (C=O) groups excluding carboxylic acids is 1. The number of rotatable bonds is 3. The molecule has 0 radical (unpaired) electrons. The lowest BCUT2D eigenvalue weighted by molar-refractivity contribution is -0.117. The van der Waals surface area contributed by atoms with Crippen molar-refractivity contribution in [2.45, 2.75) is 33.2 Å². The zero-order valence-electron chi connectivity index (χ0n) is 9.37. The Labute approximate surface area is 89.9 Å². The predicted octanol–water partition coefficient (Wildman–Crippen LogP) is 1.37. The lowest BCUT2D eigenvalue weighted by Gasteiger charge is -2.10. The third kappa shape index (κ3) is 3.32. The van der Waals surface area contributed by atoms with Crippen LogP contribution in [0.25, 0.3) is 0 Å². The summed E-state index contributed by atoms with van der Waals surface area (Å²) >= 11 is 0. The highest BCUT2D eigenvalue weighted by atomic mass is 16.2. The van der Waals surface area contributed by atoms with E-state index in [-0.39, 0.29) is 5.91 Å². The van der Waals surface area contributed by atoms with Gasteiger partial charge in [0.1, 0.15) is 5.82 Å².